The highest BCUT2D eigenvalue weighted by Gasteiger charge is 2.21. The Morgan fingerprint density at radius 1 is 1.00 bits per heavy atom. The first kappa shape index (κ1) is 19.1. The molecule has 1 amide bonds. The molecular weight excluding hydrogens is 336 g/mol. The normalized spacial score (nSPS) is 11.6. The quantitative estimate of drug-likeness (QED) is 0.856. The zero-order valence-corrected chi connectivity index (χ0v) is 15.9. The molecule has 0 unspecified atom stereocenters. The second-order valence-corrected chi connectivity index (χ2v) is 7.82. The zero-order chi connectivity index (χ0) is 18.6. The van der Waals surface area contributed by atoms with Gasteiger partial charge in [-0.05, 0) is 55.3 Å². The number of carbonyl (C=O) groups excluding carboxylic acids is 1. The fraction of sp³-hybridized carbons (Fsp3) is 0.316. The van der Waals surface area contributed by atoms with Crippen molar-refractivity contribution >= 4 is 21.6 Å². The maximum Gasteiger partial charge on any atom is 0.255 e. The average Bonchev–Trinajstić information content (AvgIpc) is 2.59. The van der Waals surface area contributed by atoms with E-state index in [1.165, 1.54) is 28.6 Å². The van der Waals surface area contributed by atoms with Gasteiger partial charge in [-0.3, -0.25) is 4.79 Å². The number of anilines is 1. The van der Waals surface area contributed by atoms with Crippen molar-refractivity contribution in [1.82, 2.24) is 4.31 Å². The molecule has 0 saturated heterocycles. The molecule has 5 nitrogen and oxygen atoms in total. The summed E-state index contributed by atoms with van der Waals surface area (Å²) >= 11 is 0. The number of hydrogen-bond acceptors (Lipinski definition) is 3. The average molecular weight is 360 g/mol. The first-order valence-corrected chi connectivity index (χ1v) is 9.72. The first-order chi connectivity index (χ1) is 11.8. The van der Waals surface area contributed by atoms with E-state index in [1.807, 2.05) is 32.0 Å². The van der Waals surface area contributed by atoms with Crippen molar-refractivity contribution < 1.29 is 13.2 Å². The molecule has 1 N–H and O–H groups in total. The smallest absolute Gasteiger partial charge is 0.255 e. The molecule has 0 radical (unpaired) electrons. The van der Waals surface area contributed by atoms with Gasteiger partial charge >= 0.3 is 0 Å². The molecule has 25 heavy (non-hydrogen) atoms. The van der Waals surface area contributed by atoms with Gasteiger partial charge in [-0.1, -0.05) is 26.0 Å². The summed E-state index contributed by atoms with van der Waals surface area (Å²) in [5.74, 6) is -0.263. The molecule has 0 spiro atoms. The molecule has 0 aliphatic carbocycles. The molecule has 0 aromatic heterocycles. The summed E-state index contributed by atoms with van der Waals surface area (Å²) in [4.78, 5) is 12.6. The van der Waals surface area contributed by atoms with Crippen molar-refractivity contribution in [2.45, 2.75) is 32.6 Å². The van der Waals surface area contributed by atoms with Gasteiger partial charge in [0.1, 0.15) is 0 Å². The molecule has 2 rings (SSSR count). The molecule has 2 aromatic carbocycles. The zero-order valence-electron chi connectivity index (χ0n) is 15.0. The standard InChI is InChI=1S/C19H24N2O3S/c1-5-21(6-2)25(23,24)17-11-9-16(10-12-17)19(22)20-18-13-14(3)7-8-15(18)4/h7-13H,5-6H2,1-4H3,(H,20,22). The van der Waals surface area contributed by atoms with E-state index in [9.17, 15) is 13.2 Å². The monoisotopic (exact) mass is 360 g/mol. The Labute approximate surface area is 149 Å². The van der Waals surface area contributed by atoms with E-state index < -0.39 is 10.0 Å². The minimum atomic E-state index is -3.51. The van der Waals surface area contributed by atoms with Crippen molar-refractivity contribution in [3.63, 3.8) is 0 Å². The third-order valence-corrected chi connectivity index (χ3v) is 6.17. The Morgan fingerprint density at radius 3 is 2.16 bits per heavy atom. The number of sulfonamides is 1. The van der Waals surface area contributed by atoms with Crippen LogP contribution in [0.1, 0.15) is 35.3 Å². The summed E-state index contributed by atoms with van der Waals surface area (Å²) in [5, 5.41) is 2.87. The highest BCUT2D eigenvalue weighted by molar-refractivity contribution is 7.89. The van der Waals surface area contributed by atoms with E-state index in [1.54, 1.807) is 13.8 Å². The predicted octanol–water partition coefficient (Wildman–Crippen LogP) is 3.59. The van der Waals surface area contributed by atoms with E-state index in [0.717, 1.165) is 16.8 Å². The number of rotatable bonds is 6. The van der Waals surface area contributed by atoms with Crippen LogP contribution in [0.2, 0.25) is 0 Å². The van der Waals surface area contributed by atoms with Crippen LogP contribution in [-0.4, -0.2) is 31.7 Å². The Kier molecular flexibility index (Phi) is 5.98. The van der Waals surface area contributed by atoms with Gasteiger partial charge in [0.05, 0.1) is 4.90 Å². The molecule has 6 heteroatoms. The third-order valence-electron chi connectivity index (χ3n) is 4.10. The molecule has 2 aromatic rings. The van der Waals surface area contributed by atoms with Crippen molar-refractivity contribution in [2.75, 3.05) is 18.4 Å². The van der Waals surface area contributed by atoms with Crippen molar-refractivity contribution in [1.29, 1.82) is 0 Å². The van der Waals surface area contributed by atoms with Gasteiger partial charge in [0.15, 0.2) is 0 Å². The Bertz CT molecular complexity index is 855. The maximum absolute atomic E-state index is 12.5. The van der Waals surface area contributed by atoms with Gasteiger partial charge in [-0.25, -0.2) is 8.42 Å². The van der Waals surface area contributed by atoms with E-state index in [-0.39, 0.29) is 10.8 Å². The number of nitrogens with zero attached hydrogens (tertiary/aromatic N) is 1. The van der Waals surface area contributed by atoms with Crippen LogP contribution in [0.4, 0.5) is 5.69 Å². The van der Waals surface area contributed by atoms with Gasteiger partial charge in [0.25, 0.3) is 5.91 Å². The van der Waals surface area contributed by atoms with Crippen LogP contribution in [-0.2, 0) is 10.0 Å². The summed E-state index contributed by atoms with van der Waals surface area (Å²) in [6, 6.07) is 11.9. The summed E-state index contributed by atoms with van der Waals surface area (Å²) in [6.07, 6.45) is 0. The van der Waals surface area contributed by atoms with Gasteiger partial charge < -0.3 is 5.32 Å². The van der Waals surface area contributed by atoms with E-state index in [0.29, 0.717) is 18.7 Å². The topological polar surface area (TPSA) is 66.5 Å². The number of amides is 1. The summed E-state index contributed by atoms with van der Waals surface area (Å²) in [5.41, 5.74) is 3.20. The second-order valence-electron chi connectivity index (χ2n) is 5.89. The Hall–Kier alpha value is -2.18. The van der Waals surface area contributed by atoms with Gasteiger partial charge in [-0.15, -0.1) is 0 Å². The fourth-order valence-electron chi connectivity index (χ4n) is 2.56. The molecule has 0 atom stereocenters. The minimum Gasteiger partial charge on any atom is -0.322 e. The number of hydrogen-bond donors (Lipinski definition) is 1. The van der Waals surface area contributed by atoms with E-state index in [4.69, 9.17) is 0 Å². The van der Waals surface area contributed by atoms with Crippen LogP contribution in [0.5, 0.6) is 0 Å². The SMILES string of the molecule is CCN(CC)S(=O)(=O)c1ccc(C(=O)Nc2cc(C)ccc2C)cc1. The van der Waals surface area contributed by atoms with Gasteiger partial charge in [0, 0.05) is 24.3 Å². The first-order valence-electron chi connectivity index (χ1n) is 8.28. The lowest BCUT2D eigenvalue weighted by Crippen LogP contribution is -2.30. The number of carbonyl (C=O) groups is 1. The number of nitrogens with one attached hydrogen (secondary N) is 1. The summed E-state index contributed by atoms with van der Waals surface area (Å²) < 4.78 is 26.3. The van der Waals surface area contributed by atoms with Crippen LogP contribution in [0.15, 0.2) is 47.4 Å². The fourth-order valence-corrected chi connectivity index (χ4v) is 4.01. The van der Waals surface area contributed by atoms with Gasteiger partial charge in [-0.2, -0.15) is 4.31 Å². The van der Waals surface area contributed by atoms with Crippen LogP contribution in [0.3, 0.4) is 0 Å². The third kappa shape index (κ3) is 4.27. The molecule has 0 heterocycles. The molecule has 0 bridgehead atoms. The van der Waals surface area contributed by atoms with Crippen LogP contribution in [0, 0.1) is 13.8 Å². The summed E-state index contributed by atoms with van der Waals surface area (Å²) in [7, 11) is -3.51. The van der Waals surface area contributed by atoms with Crippen LogP contribution >= 0.6 is 0 Å². The Morgan fingerprint density at radius 2 is 1.60 bits per heavy atom. The van der Waals surface area contributed by atoms with Crippen molar-refractivity contribution in [3.8, 4) is 0 Å². The lowest BCUT2D eigenvalue weighted by molar-refractivity contribution is 0.102. The summed E-state index contributed by atoms with van der Waals surface area (Å²) in [6.45, 7) is 8.30. The minimum absolute atomic E-state index is 0.194. The van der Waals surface area contributed by atoms with Crippen LogP contribution in [0.25, 0.3) is 0 Å². The van der Waals surface area contributed by atoms with Gasteiger partial charge in [0.2, 0.25) is 10.0 Å². The number of aryl methyl sites for hydroxylation is 2. The maximum atomic E-state index is 12.5. The lowest BCUT2D eigenvalue weighted by Gasteiger charge is -2.18. The highest BCUT2D eigenvalue weighted by Crippen LogP contribution is 2.19. The molecule has 0 aliphatic heterocycles. The number of benzene rings is 2. The van der Waals surface area contributed by atoms with Crippen LogP contribution < -0.4 is 5.32 Å². The lowest BCUT2D eigenvalue weighted by atomic mass is 10.1. The van der Waals surface area contributed by atoms with Crippen molar-refractivity contribution in [2.24, 2.45) is 0 Å². The van der Waals surface area contributed by atoms with E-state index in [2.05, 4.69) is 5.32 Å². The molecule has 0 aliphatic rings. The molecule has 134 valence electrons. The second kappa shape index (κ2) is 7.80. The largest absolute Gasteiger partial charge is 0.322 e. The molecule has 0 saturated carbocycles. The molecular formula is C19H24N2O3S. The predicted molar refractivity (Wildman–Crippen MR) is 100 cm³/mol. The van der Waals surface area contributed by atoms with Crippen molar-refractivity contribution in [3.05, 3.63) is 59.2 Å². The highest BCUT2D eigenvalue weighted by atomic mass is 32.2. The molecule has 0 fully saturated rings. The Balaban J connectivity index is 2.22. The van der Waals surface area contributed by atoms with E-state index >= 15 is 0 Å².